The number of nitrogen functional groups attached to an aromatic ring is 1. The summed E-state index contributed by atoms with van der Waals surface area (Å²) in [7, 11) is 0. The average Bonchev–Trinajstić information content (AvgIpc) is 2.91. The number of hydrogen-bond donors (Lipinski definition) is 2. The lowest BCUT2D eigenvalue weighted by Crippen LogP contribution is -2.12. The van der Waals surface area contributed by atoms with Crippen molar-refractivity contribution in [2.24, 2.45) is 11.7 Å². The second-order valence-electron chi connectivity index (χ2n) is 3.64. The van der Waals surface area contributed by atoms with E-state index in [0.29, 0.717) is 5.92 Å². The maximum atomic E-state index is 12.8. The molecule has 1 saturated carbocycles. The van der Waals surface area contributed by atoms with Crippen molar-refractivity contribution >= 4 is 5.69 Å². The Labute approximate surface area is 76.7 Å². The van der Waals surface area contributed by atoms with Crippen LogP contribution in [-0.2, 0) is 0 Å². The van der Waals surface area contributed by atoms with Gasteiger partial charge in [-0.2, -0.15) is 0 Å². The molecule has 13 heavy (non-hydrogen) atoms. The second kappa shape index (κ2) is 3.00. The Kier molecular flexibility index (Phi) is 1.96. The number of rotatable bonds is 2. The minimum Gasteiger partial charge on any atom is -0.396 e. The highest BCUT2D eigenvalue weighted by Crippen LogP contribution is 2.39. The molecule has 1 atom stereocenters. The van der Waals surface area contributed by atoms with Crippen molar-refractivity contribution in [2.45, 2.75) is 18.9 Å². The summed E-state index contributed by atoms with van der Waals surface area (Å²) in [6, 6.07) is 4.77. The fourth-order valence-electron chi connectivity index (χ4n) is 1.50. The zero-order chi connectivity index (χ0) is 9.42. The SMILES string of the molecule is Nc1cc([C@H](N)C2CC2)ccc1F. The van der Waals surface area contributed by atoms with Gasteiger partial charge in [0.1, 0.15) is 5.82 Å². The van der Waals surface area contributed by atoms with E-state index in [1.54, 1.807) is 12.1 Å². The molecule has 1 aliphatic carbocycles. The molecule has 0 aromatic heterocycles. The highest BCUT2D eigenvalue weighted by atomic mass is 19.1. The molecule has 0 spiro atoms. The maximum absolute atomic E-state index is 12.8. The Morgan fingerprint density at radius 1 is 1.38 bits per heavy atom. The molecule has 0 saturated heterocycles. The third-order valence-corrected chi connectivity index (χ3v) is 2.53. The van der Waals surface area contributed by atoms with Gasteiger partial charge >= 0.3 is 0 Å². The van der Waals surface area contributed by atoms with Crippen LogP contribution in [0.15, 0.2) is 18.2 Å². The monoisotopic (exact) mass is 180 g/mol. The maximum Gasteiger partial charge on any atom is 0.146 e. The standard InChI is InChI=1S/C10H13FN2/c11-8-4-3-7(5-9(8)12)10(13)6-1-2-6/h3-6,10H,1-2,12-13H2/t10-/m1/s1. The predicted octanol–water partition coefficient (Wildman–Crippen LogP) is 1.82. The summed E-state index contributed by atoms with van der Waals surface area (Å²) >= 11 is 0. The molecular formula is C10H13FN2. The van der Waals surface area contributed by atoms with Crippen molar-refractivity contribution < 1.29 is 4.39 Å². The van der Waals surface area contributed by atoms with Crippen molar-refractivity contribution in [3.05, 3.63) is 29.6 Å². The molecule has 1 aromatic carbocycles. The number of hydrogen-bond acceptors (Lipinski definition) is 2. The molecule has 1 aliphatic rings. The van der Waals surface area contributed by atoms with E-state index in [1.807, 2.05) is 0 Å². The van der Waals surface area contributed by atoms with Crippen LogP contribution in [0.2, 0.25) is 0 Å². The predicted molar refractivity (Wildman–Crippen MR) is 50.5 cm³/mol. The highest BCUT2D eigenvalue weighted by Gasteiger charge is 2.29. The van der Waals surface area contributed by atoms with Gasteiger partial charge in [-0.05, 0) is 36.5 Å². The first kappa shape index (κ1) is 8.51. The molecule has 1 fully saturated rings. The summed E-state index contributed by atoms with van der Waals surface area (Å²) in [4.78, 5) is 0. The number of anilines is 1. The summed E-state index contributed by atoms with van der Waals surface area (Å²) in [5.74, 6) is 0.205. The van der Waals surface area contributed by atoms with Crippen LogP contribution >= 0.6 is 0 Å². The van der Waals surface area contributed by atoms with Crippen LogP contribution in [0.3, 0.4) is 0 Å². The molecule has 2 nitrogen and oxygen atoms in total. The summed E-state index contributed by atoms with van der Waals surface area (Å²) in [6.07, 6.45) is 2.36. The third-order valence-electron chi connectivity index (χ3n) is 2.53. The smallest absolute Gasteiger partial charge is 0.146 e. The van der Waals surface area contributed by atoms with Crippen LogP contribution in [0, 0.1) is 11.7 Å². The van der Waals surface area contributed by atoms with Gasteiger partial charge in [0.2, 0.25) is 0 Å². The average molecular weight is 180 g/mol. The lowest BCUT2D eigenvalue weighted by atomic mass is 10.0. The van der Waals surface area contributed by atoms with Crippen LogP contribution < -0.4 is 11.5 Å². The molecule has 0 bridgehead atoms. The first-order valence-electron chi connectivity index (χ1n) is 4.49. The molecule has 0 aliphatic heterocycles. The van der Waals surface area contributed by atoms with Crippen molar-refractivity contribution in [2.75, 3.05) is 5.73 Å². The molecule has 3 heteroatoms. The summed E-state index contributed by atoms with van der Waals surface area (Å²) in [6.45, 7) is 0. The largest absolute Gasteiger partial charge is 0.396 e. The van der Waals surface area contributed by atoms with Crippen LogP contribution in [0.5, 0.6) is 0 Å². The zero-order valence-electron chi connectivity index (χ0n) is 7.33. The fourth-order valence-corrected chi connectivity index (χ4v) is 1.50. The molecule has 1 aromatic rings. The van der Waals surface area contributed by atoms with Crippen molar-refractivity contribution in [3.63, 3.8) is 0 Å². The van der Waals surface area contributed by atoms with Crippen LogP contribution in [0.25, 0.3) is 0 Å². The minimum atomic E-state index is -0.369. The minimum absolute atomic E-state index is 0.0305. The molecule has 2 rings (SSSR count). The van der Waals surface area contributed by atoms with Gasteiger partial charge in [-0.3, -0.25) is 0 Å². The molecule has 0 heterocycles. The lowest BCUT2D eigenvalue weighted by Gasteiger charge is -2.11. The van der Waals surface area contributed by atoms with Gasteiger partial charge in [-0.15, -0.1) is 0 Å². The van der Waals surface area contributed by atoms with Gasteiger partial charge in [-0.1, -0.05) is 6.07 Å². The van der Waals surface area contributed by atoms with Crippen LogP contribution in [0.4, 0.5) is 10.1 Å². The van der Waals surface area contributed by atoms with E-state index >= 15 is 0 Å². The van der Waals surface area contributed by atoms with Gasteiger partial charge in [0, 0.05) is 6.04 Å². The van der Waals surface area contributed by atoms with Gasteiger partial charge in [0.05, 0.1) is 5.69 Å². The normalized spacial score (nSPS) is 18.6. The van der Waals surface area contributed by atoms with Gasteiger partial charge in [0.15, 0.2) is 0 Å². The van der Waals surface area contributed by atoms with E-state index in [-0.39, 0.29) is 17.5 Å². The fraction of sp³-hybridized carbons (Fsp3) is 0.400. The number of nitrogens with two attached hydrogens (primary N) is 2. The Bertz CT molecular complexity index is 321. The molecule has 0 radical (unpaired) electrons. The second-order valence-corrected chi connectivity index (χ2v) is 3.64. The number of benzene rings is 1. The van der Waals surface area contributed by atoms with E-state index in [9.17, 15) is 4.39 Å². The number of halogens is 1. The van der Waals surface area contributed by atoms with Crippen LogP contribution in [-0.4, -0.2) is 0 Å². The van der Waals surface area contributed by atoms with Crippen molar-refractivity contribution in [1.82, 2.24) is 0 Å². The lowest BCUT2D eigenvalue weighted by molar-refractivity contribution is 0.616. The highest BCUT2D eigenvalue weighted by molar-refractivity contribution is 5.43. The summed E-state index contributed by atoms with van der Waals surface area (Å²) in [5.41, 5.74) is 12.5. The van der Waals surface area contributed by atoms with Crippen molar-refractivity contribution in [3.8, 4) is 0 Å². The van der Waals surface area contributed by atoms with Crippen LogP contribution in [0.1, 0.15) is 24.4 Å². The van der Waals surface area contributed by atoms with E-state index < -0.39 is 0 Å². The molecule has 70 valence electrons. The zero-order valence-corrected chi connectivity index (χ0v) is 7.33. The molecular weight excluding hydrogens is 167 g/mol. The van der Waals surface area contributed by atoms with Gasteiger partial charge < -0.3 is 11.5 Å². The van der Waals surface area contributed by atoms with E-state index in [0.717, 1.165) is 5.56 Å². The Hall–Kier alpha value is -1.09. The third kappa shape index (κ3) is 1.65. The molecule has 4 N–H and O–H groups in total. The van der Waals surface area contributed by atoms with E-state index in [2.05, 4.69) is 0 Å². The van der Waals surface area contributed by atoms with Crippen molar-refractivity contribution in [1.29, 1.82) is 0 Å². The van der Waals surface area contributed by atoms with Gasteiger partial charge in [-0.25, -0.2) is 4.39 Å². The summed E-state index contributed by atoms with van der Waals surface area (Å²) in [5, 5.41) is 0. The molecule has 0 amide bonds. The first-order chi connectivity index (χ1) is 6.18. The van der Waals surface area contributed by atoms with E-state index in [4.69, 9.17) is 11.5 Å². The molecule has 0 unspecified atom stereocenters. The van der Waals surface area contributed by atoms with E-state index in [1.165, 1.54) is 18.9 Å². The quantitative estimate of drug-likeness (QED) is 0.682. The Morgan fingerprint density at radius 2 is 2.08 bits per heavy atom. The topological polar surface area (TPSA) is 52.0 Å². The van der Waals surface area contributed by atoms with Gasteiger partial charge in [0.25, 0.3) is 0 Å². The Balaban J connectivity index is 2.24. The summed E-state index contributed by atoms with van der Waals surface area (Å²) < 4.78 is 12.8. The Morgan fingerprint density at radius 3 is 2.62 bits per heavy atom. The first-order valence-corrected chi connectivity index (χ1v) is 4.49.